The van der Waals surface area contributed by atoms with Crippen LogP contribution in [-0.4, -0.2) is 25.8 Å². The van der Waals surface area contributed by atoms with Crippen LogP contribution in [0.5, 0.6) is 5.75 Å². The van der Waals surface area contributed by atoms with E-state index in [4.69, 9.17) is 23.0 Å². The summed E-state index contributed by atoms with van der Waals surface area (Å²) < 4.78 is 32.8. The third kappa shape index (κ3) is 32.7. The Bertz CT molecular complexity index is 765. The monoisotopic (exact) mass is 751 g/mol. The molecule has 306 valence electrons. The lowest BCUT2D eigenvalue weighted by molar-refractivity contribution is -0.123. The van der Waals surface area contributed by atoms with Crippen LogP contribution >= 0.6 is 8.60 Å². The summed E-state index contributed by atoms with van der Waals surface area (Å²) in [6.07, 6.45) is 39.5. The third-order valence-corrected chi connectivity index (χ3v) is 11.2. The van der Waals surface area contributed by atoms with E-state index < -0.39 is 8.60 Å². The first kappa shape index (κ1) is 49.3. The van der Waals surface area contributed by atoms with Crippen LogP contribution in [0, 0.1) is 0 Å². The Morgan fingerprint density at radius 3 is 1.04 bits per heavy atom. The fraction of sp³-hybridized carbons (Fsp3) is 0.870. The molecule has 52 heavy (non-hydrogen) atoms. The van der Waals surface area contributed by atoms with Crippen LogP contribution < -0.4 is 4.52 Å². The van der Waals surface area contributed by atoms with Gasteiger partial charge in [-0.1, -0.05) is 213 Å². The van der Waals surface area contributed by atoms with Gasteiger partial charge in [-0.25, -0.2) is 0 Å². The first-order valence-corrected chi connectivity index (χ1v) is 23.9. The molecule has 0 aromatic heterocycles. The first-order chi connectivity index (χ1) is 25.7. The van der Waals surface area contributed by atoms with Crippen molar-refractivity contribution in [3.8, 4) is 5.75 Å². The number of ether oxygens (including phenoxy) is 2. The minimum atomic E-state index is -1.70. The van der Waals surface area contributed by atoms with Gasteiger partial charge in [0.15, 0.2) is 12.6 Å². The standard InChI is InChI=1S/C46H87O5P/c1-5-9-13-17-21-25-29-36-42-47-45(40-34-27-23-19-15-11-7-3)50-52(49-44-38-32-31-33-39-44)51-46(41-35-28-24-20-16-12-8-4)48-43-37-30-26-22-18-14-10-6-2/h31-33,38-39,45-46H,5-30,34-37,40-43H2,1-4H3. The molecule has 5 nitrogen and oxygen atoms in total. The van der Waals surface area contributed by atoms with Crippen molar-refractivity contribution in [1.82, 2.24) is 0 Å². The van der Waals surface area contributed by atoms with Gasteiger partial charge in [0.1, 0.15) is 5.75 Å². The third-order valence-electron chi connectivity index (χ3n) is 10.0. The van der Waals surface area contributed by atoms with E-state index in [1.165, 1.54) is 167 Å². The molecule has 0 aliphatic carbocycles. The highest BCUT2D eigenvalue weighted by Crippen LogP contribution is 2.45. The molecule has 0 spiro atoms. The van der Waals surface area contributed by atoms with Gasteiger partial charge in [-0.15, -0.1) is 0 Å². The molecule has 0 radical (unpaired) electrons. The summed E-state index contributed by atoms with van der Waals surface area (Å²) in [5, 5.41) is 0. The first-order valence-electron chi connectivity index (χ1n) is 22.8. The van der Waals surface area contributed by atoms with Gasteiger partial charge in [0.2, 0.25) is 0 Å². The van der Waals surface area contributed by atoms with E-state index in [-0.39, 0.29) is 12.6 Å². The van der Waals surface area contributed by atoms with E-state index in [2.05, 4.69) is 27.7 Å². The zero-order valence-corrected chi connectivity index (χ0v) is 36.0. The van der Waals surface area contributed by atoms with E-state index in [9.17, 15) is 0 Å². The highest BCUT2D eigenvalue weighted by Gasteiger charge is 2.26. The molecule has 0 aliphatic heterocycles. The van der Waals surface area contributed by atoms with E-state index in [0.717, 1.165) is 57.5 Å². The maximum Gasteiger partial charge on any atom is 0.402 e. The Hall–Kier alpha value is -0.710. The minimum Gasteiger partial charge on any atom is -0.427 e. The number of unbranched alkanes of at least 4 members (excludes halogenated alkanes) is 26. The van der Waals surface area contributed by atoms with Gasteiger partial charge in [-0.2, -0.15) is 0 Å². The summed E-state index contributed by atoms with van der Waals surface area (Å²) in [6.45, 7) is 10.6. The van der Waals surface area contributed by atoms with Crippen LogP contribution in [0.25, 0.3) is 0 Å². The van der Waals surface area contributed by atoms with Crippen molar-refractivity contribution < 1.29 is 23.0 Å². The Morgan fingerprint density at radius 2 is 0.692 bits per heavy atom. The Labute approximate surface area is 325 Å². The van der Waals surface area contributed by atoms with E-state index in [0.29, 0.717) is 0 Å². The largest absolute Gasteiger partial charge is 0.427 e. The number of rotatable bonds is 42. The van der Waals surface area contributed by atoms with Crippen molar-refractivity contribution in [2.45, 2.75) is 246 Å². The predicted molar refractivity (Wildman–Crippen MR) is 226 cm³/mol. The quantitative estimate of drug-likeness (QED) is 0.0378. The van der Waals surface area contributed by atoms with Crippen LogP contribution in [-0.2, 0) is 18.5 Å². The molecule has 1 aromatic carbocycles. The van der Waals surface area contributed by atoms with Crippen molar-refractivity contribution in [3.63, 3.8) is 0 Å². The Kier molecular flexibility index (Phi) is 37.9. The van der Waals surface area contributed by atoms with Crippen LogP contribution in [0.3, 0.4) is 0 Å². The molecule has 0 aliphatic rings. The van der Waals surface area contributed by atoms with Crippen LogP contribution in [0.15, 0.2) is 30.3 Å². The molecule has 1 aromatic rings. The van der Waals surface area contributed by atoms with Crippen molar-refractivity contribution in [1.29, 1.82) is 0 Å². The molecular weight excluding hydrogens is 663 g/mol. The van der Waals surface area contributed by atoms with Gasteiger partial charge in [-0.05, 0) is 50.7 Å². The second kappa shape index (κ2) is 40.0. The molecule has 1 rings (SSSR count). The molecule has 2 atom stereocenters. The van der Waals surface area contributed by atoms with E-state index in [1.54, 1.807) is 0 Å². The second-order valence-corrected chi connectivity index (χ2v) is 16.3. The number of para-hydroxylation sites is 1. The molecule has 0 bridgehead atoms. The lowest BCUT2D eigenvalue weighted by Crippen LogP contribution is -2.22. The highest BCUT2D eigenvalue weighted by atomic mass is 31.2. The van der Waals surface area contributed by atoms with E-state index in [1.807, 2.05) is 30.3 Å². The molecule has 0 heterocycles. The Morgan fingerprint density at radius 1 is 0.385 bits per heavy atom. The maximum absolute atomic E-state index is 6.68. The van der Waals surface area contributed by atoms with Crippen molar-refractivity contribution in [3.05, 3.63) is 30.3 Å². The molecule has 0 amide bonds. The minimum absolute atomic E-state index is 0.332. The molecule has 6 heteroatoms. The lowest BCUT2D eigenvalue weighted by atomic mass is 10.1. The average Bonchev–Trinajstić information content (AvgIpc) is 3.15. The van der Waals surface area contributed by atoms with Crippen LogP contribution in [0.1, 0.15) is 233 Å². The molecule has 0 N–H and O–H groups in total. The van der Waals surface area contributed by atoms with Crippen molar-refractivity contribution in [2.75, 3.05) is 13.2 Å². The normalized spacial score (nSPS) is 13.4. The van der Waals surface area contributed by atoms with Gasteiger partial charge in [0.05, 0.1) is 0 Å². The summed E-state index contributed by atoms with van der Waals surface area (Å²) in [5.74, 6) is 0.768. The molecule has 0 saturated carbocycles. The van der Waals surface area contributed by atoms with Crippen molar-refractivity contribution >= 4 is 8.60 Å². The maximum atomic E-state index is 6.68. The second-order valence-electron chi connectivity index (χ2n) is 15.2. The fourth-order valence-corrected chi connectivity index (χ4v) is 7.74. The zero-order chi connectivity index (χ0) is 37.4. The summed E-state index contributed by atoms with van der Waals surface area (Å²) in [6, 6.07) is 10.0. The zero-order valence-electron chi connectivity index (χ0n) is 35.1. The SMILES string of the molecule is CCCCCCCCCCOC(CCCCCCCCC)OP(Oc1ccccc1)OC(CCCCCCCCC)OCCCCCCCCCC. The molecular formula is C46H87O5P. The summed E-state index contributed by atoms with van der Waals surface area (Å²) >= 11 is 0. The predicted octanol–water partition coefficient (Wildman–Crippen LogP) is 16.6. The topological polar surface area (TPSA) is 46.2 Å². The van der Waals surface area contributed by atoms with Crippen LogP contribution in [0.2, 0.25) is 0 Å². The average molecular weight is 751 g/mol. The number of hydrogen-bond donors (Lipinski definition) is 0. The Balaban J connectivity index is 2.85. The molecule has 0 fully saturated rings. The summed E-state index contributed by atoms with van der Waals surface area (Å²) in [5.41, 5.74) is 0. The molecule has 2 unspecified atom stereocenters. The highest BCUT2D eigenvalue weighted by molar-refractivity contribution is 7.42. The smallest absolute Gasteiger partial charge is 0.402 e. The lowest BCUT2D eigenvalue weighted by Gasteiger charge is -2.27. The fourth-order valence-electron chi connectivity index (χ4n) is 6.60. The number of hydrogen-bond acceptors (Lipinski definition) is 5. The van der Waals surface area contributed by atoms with Gasteiger partial charge >= 0.3 is 8.60 Å². The number of benzene rings is 1. The van der Waals surface area contributed by atoms with E-state index >= 15 is 0 Å². The van der Waals surface area contributed by atoms with Gasteiger partial charge in [0, 0.05) is 13.2 Å². The van der Waals surface area contributed by atoms with Gasteiger partial charge in [-0.3, -0.25) is 9.05 Å². The summed E-state index contributed by atoms with van der Waals surface area (Å²) in [4.78, 5) is 0. The summed E-state index contributed by atoms with van der Waals surface area (Å²) in [7, 11) is -1.70. The molecule has 0 saturated heterocycles. The van der Waals surface area contributed by atoms with Crippen LogP contribution in [0.4, 0.5) is 0 Å². The van der Waals surface area contributed by atoms with Gasteiger partial charge < -0.3 is 14.0 Å². The van der Waals surface area contributed by atoms with Gasteiger partial charge in [0.25, 0.3) is 0 Å². The van der Waals surface area contributed by atoms with Crippen molar-refractivity contribution in [2.24, 2.45) is 0 Å².